The number of nitriles is 1. The Labute approximate surface area is 113 Å². The quantitative estimate of drug-likeness (QED) is 0.754. The maximum Gasteiger partial charge on any atom is 0.214 e. The van der Waals surface area contributed by atoms with Gasteiger partial charge in [-0.15, -0.1) is 0 Å². The van der Waals surface area contributed by atoms with Crippen LogP contribution in [-0.2, 0) is 16.4 Å². The molecule has 1 saturated carbocycles. The van der Waals surface area contributed by atoms with Gasteiger partial charge in [0.25, 0.3) is 0 Å². The van der Waals surface area contributed by atoms with E-state index in [9.17, 15) is 8.42 Å². The van der Waals surface area contributed by atoms with E-state index in [1.165, 1.54) is 4.31 Å². The van der Waals surface area contributed by atoms with E-state index in [0.717, 1.165) is 18.4 Å². The largest absolute Gasteiger partial charge is 0.265 e. The Bertz CT molecular complexity index is 547. The van der Waals surface area contributed by atoms with Crippen LogP contribution in [0, 0.1) is 11.3 Å². The average molecular weight is 279 g/mol. The fourth-order valence-corrected chi connectivity index (χ4v) is 3.75. The van der Waals surface area contributed by atoms with E-state index in [-0.39, 0.29) is 18.2 Å². The van der Waals surface area contributed by atoms with Gasteiger partial charge in [-0.25, -0.2) is 8.42 Å². The summed E-state index contributed by atoms with van der Waals surface area (Å²) in [7, 11) is -3.27. The summed E-state index contributed by atoms with van der Waals surface area (Å²) < 4.78 is 26.1. The van der Waals surface area contributed by atoms with Gasteiger partial charge in [0.1, 0.15) is 0 Å². The summed E-state index contributed by atoms with van der Waals surface area (Å²) in [5.41, 5.74) is 0.967. The van der Waals surface area contributed by atoms with Crippen molar-refractivity contribution in [3.63, 3.8) is 0 Å². The molecule has 1 aliphatic carbocycles. The number of nitrogens with zero attached hydrogens (tertiary/aromatic N) is 3. The van der Waals surface area contributed by atoms with Crippen LogP contribution in [-0.4, -0.2) is 36.0 Å². The molecule has 1 aliphatic rings. The molecule has 0 radical (unpaired) electrons. The Morgan fingerprint density at radius 1 is 1.37 bits per heavy atom. The first kappa shape index (κ1) is 14.0. The van der Waals surface area contributed by atoms with Gasteiger partial charge in [-0.1, -0.05) is 0 Å². The molecule has 1 aromatic heterocycles. The third kappa shape index (κ3) is 4.01. The molecule has 0 saturated heterocycles. The fourth-order valence-electron chi connectivity index (χ4n) is 1.99. The standard InChI is InChI=1S/C13H17N3O2S/c14-7-1-10-16(13-2-3-13)19(17,18)11-6-12-4-8-15-9-5-12/h4-5,8-9,13H,1-3,6,10-11H2. The lowest BCUT2D eigenvalue weighted by Gasteiger charge is -2.20. The van der Waals surface area contributed by atoms with Gasteiger partial charge >= 0.3 is 0 Å². The van der Waals surface area contributed by atoms with Crippen molar-refractivity contribution < 1.29 is 8.42 Å². The summed E-state index contributed by atoms with van der Waals surface area (Å²) in [6, 6.07) is 5.78. The van der Waals surface area contributed by atoms with Crippen LogP contribution in [0.2, 0.25) is 0 Å². The van der Waals surface area contributed by atoms with Gasteiger partial charge in [0, 0.05) is 31.4 Å². The predicted molar refractivity (Wildman–Crippen MR) is 71.7 cm³/mol. The van der Waals surface area contributed by atoms with Gasteiger partial charge in [0.2, 0.25) is 10.0 Å². The highest BCUT2D eigenvalue weighted by molar-refractivity contribution is 7.89. The number of sulfonamides is 1. The van der Waals surface area contributed by atoms with Gasteiger partial charge in [0.05, 0.1) is 11.8 Å². The highest BCUT2D eigenvalue weighted by atomic mass is 32.2. The van der Waals surface area contributed by atoms with E-state index in [1.807, 2.05) is 18.2 Å². The van der Waals surface area contributed by atoms with E-state index in [0.29, 0.717) is 13.0 Å². The molecule has 0 bridgehead atoms. The zero-order valence-electron chi connectivity index (χ0n) is 10.7. The number of aryl methyl sites for hydroxylation is 1. The molecule has 1 heterocycles. The molecule has 6 heteroatoms. The molecule has 19 heavy (non-hydrogen) atoms. The van der Waals surface area contributed by atoms with Crippen LogP contribution in [0.5, 0.6) is 0 Å². The Hall–Kier alpha value is -1.45. The molecule has 5 nitrogen and oxygen atoms in total. The van der Waals surface area contributed by atoms with E-state index in [1.54, 1.807) is 12.4 Å². The molecule has 0 aromatic carbocycles. The lowest BCUT2D eigenvalue weighted by molar-refractivity contribution is 0.410. The maximum atomic E-state index is 12.3. The third-order valence-electron chi connectivity index (χ3n) is 3.15. The smallest absolute Gasteiger partial charge is 0.214 e. The van der Waals surface area contributed by atoms with E-state index >= 15 is 0 Å². The molecule has 0 atom stereocenters. The minimum Gasteiger partial charge on any atom is -0.265 e. The molecular weight excluding hydrogens is 262 g/mol. The third-order valence-corrected chi connectivity index (χ3v) is 5.07. The minimum atomic E-state index is -3.27. The van der Waals surface area contributed by atoms with Crippen LogP contribution in [0.3, 0.4) is 0 Å². The molecule has 1 fully saturated rings. The molecule has 0 N–H and O–H groups in total. The molecule has 0 aliphatic heterocycles. The van der Waals surface area contributed by atoms with E-state index in [2.05, 4.69) is 4.98 Å². The summed E-state index contributed by atoms with van der Waals surface area (Å²) in [6.07, 6.45) is 5.90. The van der Waals surface area contributed by atoms with Crippen molar-refractivity contribution in [2.75, 3.05) is 12.3 Å². The van der Waals surface area contributed by atoms with Crippen LogP contribution in [0.4, 0.5) is 0 Å². The zero-order valence-corrected chi connectivity index (χ0v) is 11.5. The summed E-state index contributed by atoms with van der Waals surface area (Å²) >= 11 is 0. The van der Waals surface area contributed by atoms with Crippen LogP contribution in [0.1, 0.15) is 24.8 Å². The second-order valence-corrected chi connectivity index (χ2v) is 6.71. The number of pyridine rings is 1. The molecule has 0 amide bonds. The average Bonchev–Trinajstić information content (AvgIpc) is 3.23. The van der Waals surface area contributed by atoms with Crippen molar-refractivity contribution in [1.29, 1.82) is 5.26 Å². The van der Waals surface area contributed by atoms with Gasteiger partial charge < -0.3 is 0 Å². The van der Waals surface area contributed by atoms with Crippen LogP contribution in [0.15, 0.2) is 24.5 Å². The number of hydrogen-bond acceptors (Lipinski definition) is 4. The van der Waals surface area contributed by atoms with Crippen molar-refractivity contribution >= 4 is 10.0 Å². The van der Waals surface area contributed by atoms with Crippen LogP contribution >= 0.6 is 0 Å². The molecule has 0 spiro atoms. The summed E-state index contributed by atoms with van der Waals surface area (Å²) in [4.78, 5) is 3.91. The summed E-state index contributed by atoms with van der Waals surface area (Å²) in [6.45, 7) is 0.319. The van der Waals surface area contributed by atoms with Gasteiger partial charge in [0.15, 0.2) is 0 Å². The number of rotatable bonds is 7. The predicted octanol–water partition coefficient (Wildman–Crippen LogP) is 1.33. The van der Waals surface area contributed by atoms with Gasteiger partial charge in [-0.05, 0) is 37.0 Å². The highest BCUT2D eigenvalue weighted by Gasteiger charge is 2.36. The van der Waals surface area contributed by atoms with Crippen molar-refractivity contribution in [2.24, 2.45) is 0 Å². The van der Waals surface area contributed by atoms with E-state index < -0.39 is 10.0 Å². The number of hydrogen-bond donors (Lipinski definition) is 0. The highest BCUT2D eigenvalue weighted by Crippen LogP contribution is 2.29. The lowest BCUT2D eigenvalue weighted by Crippen LogP contribution is -2.36. The van der Waals surface area contributed by atoms with Crippen LogP contribution in [0.25, 0.3) is 0 Å². The van der Waals surface area contributed by atoms with Crippen LogP contribution < -0.4 is 0 Å². The fraction of sp³-hybridized carbons (Fsp3) is 0.538. The summed E-state index contributed by atoms with van der Waals surface area (Å²) in [5, 5.41) is 8.61. The molecular formula is C13H17N3O2S. The molecule has 102 valence electrons. The summed E-state index contributed by atoms with van der Waals surface area (Å²) in [5.74, 6) is 0.0962. The van der Waals surface area contributed by atoms with Crippen molar-refractivity contribution in [3.05, 3.63) is 30.1 Å². The topological polar surface area (TPSA) is 74.1 Å². The first-order valence-corrected chi connectivity index (χ1v) is 8.00. The molecule has 1 aromatic rings. The zero-order chi connectivity index (χ0) is 13.7. The first-order chi connectivity index (χ1) is 9.13. The second kappa shape index (κ2) is 6.13. The van der Waals surface area contributed by atoms with Crippen molar-refractivity contribution in [1.82, 2.24) is 9.29 Å². The normalized spacial score (nSPS) is 15.4. The molecule has 0 unspecified atom stereocenters. The number of aromatic nitrogens is 1. The molecule has 2 rings (SSSR count). The second-order valence-electron chi connectivity index (χ2n) is 4.67. The Balaban J connectivity index is 1.98. The van der Waals surface area contributed by atoms with Gasteiger partial charge in [-0.2, -0.15) is 9.57 Å². The Morgan fingerprint density at radius 2 is 2.05 bits per heavy atom. The van der Waals surface area contributed by atoms with Crippen molar-refractivity contribution in [2.45, 2.75) is 31.7 Å². The Kier molecular flexibility index (Phi) is 4.51. The lowest BCUT2D eigenvalue weighted by atomic mass is 10.2. The minimum absolute atomic E-state index is 0.0962. The van der Waals surface area contributed by atoms with Gasteiger partial charge in [-0.3, -0.25) is 4.98 Å². The first-order valence-electron chi connectivity index (χ1n) is 6.39. The monoisotopic (exact) mass is 279 g/mol. The van der Waals surface area contributed by atoms with E-state index in [4.69, 9.17) is 5.26 Å². The SMILES string of the molecule is N#CCCN(C1CC1)S(=O)(=O)CCc1ccncc1. The maximum absolute atomic E-state index is 12.3. The Morgan fingerprint density at radius 3 is 2.63 bits per heavy atom. The van der Waals surface area contributed by atoms with Crippen molar-refractivity contribution in [3.8, 4) is 6.07 Å².